The molecule has 0 saturated carbocycles. The molecule has 0 amide bonds. The number of nitrogens with one attached hydrogen (secondary N) is 1. The second kappa shape index (κ2) is 7.02. The molecule has 140 valence electrons. The number of aromatic nitrogens is 2. The van der Waals surface area contributed by atoms with Crippen molar-refractivity contribution in [2.24, 2.45) is 0 Å². The van der Waals surface area contributed by atoms with E-state index in [4.69, 9.17) is 9.97 Å². The number of hydrogen-bond acceptors (Lipinski definition) is 4. The quantitative estimate of drug-likeness (QED) is 0.459. The molecule has 4 heteroatoms. The van der Waals surface area contributed by atoms with Gasteiger partial charge in [0.15, 0.2) is 0 Å². The van der Waals surface area contributed by atoms with Gasteiger partial charge in [-0.05, 0) is 61.4 Å². The first kappa shape index (κ1) is 17.4. The molecule has 1 aliphatic carbocycles. The van der Waals surface area contributed by atoms with Gasteiger partial charge in [0, 0.05) is 17.0 Å². The Labute approximate surface area is 169 Å². The molecule has 0 bridgehead atoms. The Kier molecular flexibility index (Phi) is 4.36. The smallest absolute Gasteiger partial charge is 0.143 e. The Morgan fingerprint density at radius 1 is 0.964 bits per heavy atom. The van der Waals surface area contributed by atoms with Gasteiger partial charge in [-0.25, -0.2) is 9.97 Å². The van der Waals surface area contributed by atoms with Crippen LogP contribution in [0.4, 0.5) is 11.5 Å². The summed E-state index contributed by atoms with van der Waals surface area (Å²) >= 11 is 1.85. The van der Waals surface area contributed by atoms with E-state index in [0.29, 0.717) is 0 Å². The average molecular weight is 386 g/mol. The van der Waals surface area contributed by atoms with E-state index in [1.165, 1.54) is 45.4 Å². The summed E-state index contributed by atoms with van der Waals surface area (Å²) in [7, 11) is 0. The minimum atomic E-state index is 0.751. The van der Waals surface area contributed by atoms with E-state index in [2.05, 4.69) is 61.6 Å². The molecule has 0 saturated heterocycles. The highest BCUT2D eigenvalue weighted by Crippen LogP contribution is 2.40. The number of benzene rings is 2. The summed E-state index contributed by atoms with van der Waals surface area (Å²) in [6.07, 6.45) is 4.30. The Hall–Kier alpha value is -2.72. The summed E-state index contributed by atoms with van der Waals surface area (Å²) in [6, 6.07) is 16.9. The van der Waals surface area contributed by atoms with Gasteiger partial charge in [0.1, 0.15) is 16.5 Å². The van der Waals surface area contributed by atoms with Crippen LogP contribution in [-0.2, 0) is 19.3 Å². The van der Waals surface area contributed by atoms with Gasteiger partial charge >= 0.3 is 0 Å². The van der Waals surface area contributed by atoms with E-state index < -0.39 is 0 Å². The number of aryl methyl sites for hydroxylation is 3. The van der Waals surface area contributed by atoms with Crippen LogP contribution in [0, 0.1) is 13.8 Å². The van der Waals surface area contributed by atoms with E-state index in [-0.39, 0.29) is 0 Å². The summed E-state index contributed by atoms with van der Waals surface area (Å²) in [5, 5.41) is 4.89. The summed E-state index contributed by atoms with van der Waals surface area (Å²) in [6.45, 7) is 4.32. The molecule has 1 N–H and O–H groups in total. The Balaban J connectivity index is 1.63. The molecule has 0 aliphatic heterocycles. The van der Waals surface area contributed by atoms with Crippen LogP contribution < -0.4 is 5.32 Å². The predicted molar refractivity (Wildman–Crippen MR) is 118 cm³/mol. The summed E-state index contributed by atoms with van der Waals surface area (Å²) in [5.41, 5.74) is 6.38. The van der Waals surface area contributed by atoms with Crippen molar-refractivity contribution in [3.8, 4) is 0 Å². The molecule has 0 spiro atoms. The molecule has 1 aliphatic rings. The molecule has 0 radical (unpaired) electrons. The van der Waals surface area contributed by atoms with Gasteiger partial charge in [-0.2, -0.15) is 0 Å². The number of hydrogen-bond donors (Lipinski definition) is 1. The van der Waals surface area contributed by atoms with Crippen LogP contribution in [-0.4, -0.2) is 9.97 Å². The van der Waals surface area contributed by atoms with Crippen LogP contribution >= 0.6 is 11.3 Å². The largest absolute Gasteiger partial charge is 0.339 e. The first-order chi connectivity index (χ1) is 13.7. The number of fused-ring (bicyclic) bond motifs is 3. The van der Waals surface area contributed by atoms with E-state index >= 15 is 0 Å². The van der Waals surface area contributed by atoms with Gasteiger partial charge in [0.2, 0.25) is 0 Å². The topological polar surface area (TPSA) is 37.8 Å². The summed E-state index contributed by atoms with van der Waals surface area (Å²) < 4.78 is 0. The van der Waals surface area contributed by atoms with Crippen LogP contribution in [0.2, 0.25) is 0 Å². The third-order valence-corrected chi connectivity index (χ3v) is 6.86. The molecule has 2 aromatic heterocycles. The van der Waals surface area contributed by atoms with Gasteiger partial charge in [-0.3, -0.25) is 0 Å². The van der Waals surface area contributed by atoms with E-state index in [0.717, 1.165) is 35.0 Å². The molecule has 0 atom stereocenters. The van der Waals surface area contributed by atoms with Crippen molar-refractivity contribution in [1.29, 1.82) is 0 Å². The molecular formula is C24H23N3S. The molecule has 4 aromatic rings. The van der Waals surface area contributed by atoms with E-state index in [1.54, 1.807) is 0 Å². The van der Waals surface area contributed by atoms with Crippen LogP contribution in [0.25, 0.3) is 10.2 Å². The number of rotatable bonds is 4. The lowest BCUT2D eigenvalue weighted by molar-refractivity contribution is 0.916. The van der Waals surface area contributed by atoms with Crippen molar-refractivity contribution in [1.82, 2.24) is 9.97 Å². The molecular weight excluding hydrogens is 362 g/mol. The Bertz CT molecular complexity index is 1160. The molecule has 2 heterocycles. The highest BCUT2D eigenvalue weighted by atomic mass is 32.1. The zero-order chi connectivity index (χ0) is 19.1. The second-order valence-electron chi connectivity index (χ2n) is 7.56. The van der Waals surface area contributed by atoms with Crippen LogP contribution in [0.1, 0.15) is 39.4 Å². The molecule has 28 heavy (non-hydrogen) atoms. The SMILES string of the molecule is Cc1cccc(Nc2nc(Cc3ccccc3)nc3sc4c(c23)CCC4)c1C. The second-order valence-corrected chi connectivity index (χ2v) is 8.64. The lowest BCUT2D eigenvalue weighted by atomic mass is 10.1. The Morgan fingerprint density at radius 2 is 1.82 bits per heavy atom. The van der Waals surface area contributed by atoms with Crippen LogP contribution in [0.15, 0.2) is 48.5 Å². The third-order valence-electron chi connectivity index (χ3n) is 5.67. The summed E-state index contributed by atoms with van der Waals surface area (Å²) in [4.78, 5) is 12.6. The number of nitrogens with zero attached hydrogens (tertiary/aromatic N) is 2. The number of anilines is 2. The molecule has 0 fully saturated rings. The molecule has 5 rings (SSSR count). The maximum atomic E-state index is 5.00. The van der Waals surface area contributed by atoms with Gasteiger partial charge < -0.3 is 5.32 Å². The molecule has 0 unspecified atom stereocenters. The van der Waals surface area contributed by atoms with Gasteiger partial charge in [0.25, 0.3) is 0 Å². The third kappa shape index (κ3) is 3.08. The van der Waals surface area contributed by atoms with E-state index in [1.807, 2.05) is 17.4 Å². The summed E-state index contributed by atoms with van der Waals surface area (Å²) in [5.74, 6) is 1.84. The fourth-order valence-corrected chi connectivity index (χ4v) is 5.28. The van der Waals surface area contributed by atoms with Crippen LogP contribution in [0.3, 0.4) is 0 Å². The lowest BCUT2D eigenvalue weighted by Gasteiger charge is -2.13. The van der Waals surface area contributed by atoms with Crippen molar-refractivity contribution in [2.45, 2.75) is 39.5 Å². The fourth-order valence-electron chi connectivity index (χ4n) is 4.00. The van der Waals surface area contributed by atoms with Gasteiger partial charge in [-0.1, -0.05) is 42.5 Å². The molecule has 3 nitrogen and oxygen atoms in total. The zero-order valence-electron chi connectivity index (χ0n) is 16.2. The predicted octanol–water partition coefficient (Wildman–Crippen LogP) is 6.13. The maximum Gasteiger partial charge on any atom is 0.143 e. The molecule has 2 aromatic carbocycles. The minimum absolute atomic E-state index is 0.751. The Morgan fingerprint density at radius 3 is 2.68 bits per heavy atom. The van der Waals surface area contributed by atoms with Gasteiger partial charge in [0.05, 0.1) is 5.39 Å². The minimum Gasteiger partial charge on any atom is -0.339 e. The van der Waals surface area contributed by atoms with E-state index in [9.17, 15) is 0 Å². The maximum absolute atomic E-state index is 5.00. The lowest BCUT2D eigenvalue weighted by Crippen LogP contribution is -2.03. The number of thiophene rings is 1. The highest BCUT2D eigenvalue weighted by molar-refractivity contribution is 7.19. The van der Waals surface area contributed by atoms with Gasteiger partial charge in [-0.15, -0.1) is 11.3 Å². The van der Waals surface area contributed by atoms with Crippen LogP contribution in [0.5, 0.6) is 0 Å². The fraction of sp³-hybridized carbons (Fsp3) is 0.250. The zero-order valence-corrected chi connectivity index (χ0v) is 17.1. The highest BCUT2D eigenvalue weighted by Gasteiger charge is 2.22. The van der Waals surface area contributed by atoms with Crippen molar-refractivity contribution < 1.29 is 0 Å². The van der Waals surface area contributed by atoms with Crippen molar-refractivity contribution in [3.05, 3.63) is 81.5 Å². The van der Waals surface area contributed by atoms with Crippen molar-refractivity contribution in [3.63, 3.8) is 0 Å². The normalized spacial score (nSPS) is 13.1. The standard InChI is InChI=1S/C24H23N3S/c1-15-8-6-12-19(16(15)2)25-23-22-18-11-7-13-20(18)28-24(22)27-21(26-23)14-17-9-4-3-5-10-17/h3-6,8-10,12H,7,11,13-14H2,1-2H3,(H,25,26,27). The first-order valence-electron chi connectivity index (χ1n) is 9.87. The first-order valence-corrected chi connectivity index (χ1v) is 10.7. The average Bonchev–Trinajstić information content (AvgIpc) is 3.27. The van der Waals surface area contributed by atoms with Crippen molar-refractivity contribution in [2.75, 3.05) is 5.32 Å². The van der Waals surface area contributed by atoms with Crippen molar-refractivity contribution >= 4 is 33.1 Å². The monoisotopic (exact) mass is 385 g/mol.